The Kier molecular flexibility index (Phi) is 7.53. The third-order valence-electron chi connectivity index (χ3n) is 3.81. The topological polar surface area (TPSA) is 117 Å². The van der Waals surface area contributed by atoms with Gasteiger partial charge in [-0.05, 0) is 38.5 Å². The molecule has 0 atom stereocenters. The van der Waals surface area contributed by atoms with Crippen molar-refractivity contribution in [2.24, 2.45) is 0 Å². The number of carbonyl (C=O) groups is 2. The maximum absolute atomic E-state index is 12.3. The summed E-state index contributed by atoms with van der Waals surface area (Å²) in [7, 11) is 0. The minimum Gasteiger partial charge on any atom is -0.490 e. The molecule has 0 fully saturated rings. The van der Waals surface area contributed by atoms with Crippen LogP contribution in [0.15, 0.2) is 36.4 Å². The summed E-state index contributed by atoms with van der Waals surface area (Å²) in [6.07, 6.45) is 0. The molecule has 0 saturated carbocycles. The number of benzene rings is 2. The van der Waals surface area contributed by atoms with Crippen molar-refractivity contribution in [3.05, 3.63) is 57.6 Å². The van der Waals surface area contributed by atoms with E-state index in [1.807, 2.05) is 13.8 Å². The number of nitrogens with zero attached hydrogens (tertiary/aromatic N) is 1. The summed E-state index contributed by atoms with van der Waals surface area (Å²) in [5.74, 6) is -0.516. The molecule has 1 N–H and O–H groups in total. The van der Waals surface area contributed by atoms with Gasteiger partial charge in [0.25, 0.3) is 11.6 Å². The molecule has 0 radical (unpaired) electrons. The number of esters is 1. The van der Waals surface area contributed by atoms with Gasteiger partial charge in [0.05, 0.1) is 18.1 Å². The highest BCUT2D eigenvalue weighted by Gasteiger charge is 2.24. The SMILES string of the molecule is CCOc1ccc(NC(=O)COC(=O)c2c(C)cccc2[N+](=O)[O-])cc1OCC. The molecule has 2 aromatic rings. The van der Waals surface area contributed by atoms with Crippen LogP contribution in [0.1, 0.15) is 29.8 Å². The maximum Gasteiger partial charge on any atom is 0.345 e. The molecule has 0 heterocycles. The van der Waals surface area contributed by atoms with Gasteiger partial charge < -0.3 is 19.5 Å². The predicted octanol–water partition coefficient (Wildman–Crippen LogP) is 3.50. The molecule has 0 aliphatic carbocycles. The molecule has 2 rings (SSSR count). The van der Waals surface area contributed by atoms with Crippen molar-refractivity contribution in [2.45, 2.75) is 20.8 Å². The Hall–Kier alpha value is -3.62. The molecule has 29 heavy (non-hydrogen) atoms. The third kappa shape index (κ3) is 5.68. The number of nitro groups is 1. The fourth-order valence-corrected chi connectivity index (χ4v) is 2.60. The fraction of sp³-hybridized carbons (Fsp3) is 0.300. The maximum atomic E-state index is 12.3. The summed E-state index contributed by atoms with van der Waals surface area (Å²) in [5, 5.41) is 13.7. The van der Waals surface area contributed by atoms with E-state index in [2.05, 4.69) is 5.32 Å². The molecule has 0 spiro atoms. The van der Waals surface area contributed by atoms with Gasteiger partial charge in [-0.15, -0.1) is 0 Å². The van der Waals surface area contributed by atoms with Gasteiger partial charge in [-0.3, -0.25) is 14.9 Å². The Balaban J connectivity index is 2.04. The van der Waals surface area contributed by atoms with E-state index in [1.54, 1.807) is 31.2 Å². The van der Waals surface area contributed by atoms with Crippen LogP contribution >= 0.6 is 0 Å². The average Bonchev–Trinajstić information content (AvgIpc) is 2.68. The normalized spacial score (nSPS) is 10.2. The zero-order chi connectivity index (χ0) is 21.4. The van der Waals surface area contributed by atoms with Crippen LogP contribution in [0.3, 0.4) is 0 Å². The smallest absolute Gasteiger partial charge is 0.345 e. The quantitative estimate of drug-likeness (QED) is 0.387. The second kappa shape index (κ2) is 10.1. The van der Waals surface area contributed by atoms with Crippen molar-refractivity contribution in [1.82, 2.24) is 0 Å². The lowest BCUT2D eigenvalue weighted by Gasteiger charge is -2.13. The van der Waals surface area contributed by atoms with Crippen molar-refractivity contribution in [3.8, 4) is 11.5 Å². The van der Waals surface area contributed by atoms with Crippen LogP contribution in [0, 0.1) is 17.0 Å². The largest absolute Gasteiger partial charge is 0.490 e. The molecule has 2 aromatic carbocycles. The summed E-state index contributed by atoms with van der Waals surface area (Å²) < 4.78 is 15.9. The van der Waals surface area contributed by atoms with Crippen molar-refractivity contribution in [2.75, 3.05) is 25.1 Å². The summed E-state index contributed by atoms with van der Waals surface area (Å²) in [5.41, 5.74) is 0.269. The molecule has 0 aromatic heterocycles. The zero-order valence-corrected chi connectivity index (χ0v) is 16.4. The van der Waals surface area contributed by atoms with Gasteiger partial charge in [-0.25, -0.2) is 4.79 Å². The van der Waals surface area contributed by atoms with Gasteiger partial charge in [0.1, 0.15) is 5.56 Å². The molecule has 0 unspecified atom stereocenters. The molecular weight excluding hydrogens is 380 g/mol. The molecule has 0 aliphatic heterocycles. The van der Waals surface area contributed by atoms with Crippen LogP contribution in [0.4, 0.5) is 11.4 Å². The van der Waals surface area contributed by atoms with Crippen LogP contribution in [0.5, 0.6) is 11.5 Å². The highest BCUT2D eigenvalue weighted by Crippen LogP contribution is 2.30. The first-order valence-electron chi connectivity index (χ1n) is 8.98. The molecule has 0 bridgehead atoms. The first kappa shape index (κ1) is 21.7. The summed E-state index contributed by atoms with van der Waals surface area (Å²) in [4.78, 5) is 34.8. The van der Waals surface area contributed by atoms with Gasteiger partial charge in [-0.1, -0.05) is 12.1 Å². The van der Waals surface area contributed by atoms with E-state index < -0.39 is 23.4 Å². The summed E-state index contributed by atoms with van der Waals surface area (Å²) in [6.45, 7) is 5.52. The Morgan fingerprint density at radius 2 is 1.76 bits per heavy atom. The number of hydrogen-bond acceptors (Lipinski definition) is 7. The summed E-state index contributed by atoms with van der Waals surface area (Å²) >= 11 is 0. The van der Waals surface area contributed by atoms with Gasteiger partial charge in [0.2, 0.25) is 0 Å². The lowest BCUT2D eigenvalue weighted by atomic mass is 10.1. The second-order valence-electron chi connectivity index (χ2n) is 5.88. The number of ether oxygens (including phenoxy) is 3. The van der Waals surface area contributed by atoms with Gasteiger partial charge in [-0.2, -0.15) is 0 Å². The molecular formula is C20H22N2O7. The van der Waals surface area contributed by atoms with Gasteiger partial charge >= 0.3 is 5.97 Å². The third-order valence-corrected chi connectivity index (χ3v) is 3.81. The Morgan fingerprint density at radius 3 is 2.41 bits per heavy atom. The van der Waals surface area contributed by atoms with E-state index in [-0.39, 0.29) is 11.3 Å². The number of carbonyl (C=O) groups excluding carboxylic acids is 2. The van der Waals surface area contributed by atoms with E-state index in [4.69, 9.17) is 14.2 Å². The number of rotatable bonds is 9. The van der Waals surface area contributed by atoms with E-state index in [9.17, 15) is 19.7 Å². The van der Waals surface area contributed by atoms with Crippen LogP contribution in [-0.4, -0.2) is 36.6 Å². The van der Waals surface area contributed by atoms with Crippen molar-refractivity contribution < 1.29 is 28.7 Å². The Bertz CT molecular complexity index is 912. The minimum atomic E-state index is -0.938. The first-order chi connectivity index (χ1) is 13.9. The van der Waals surface area contributed by atoms with Crippen LogP contribution in [0.25, 0.3) is 0 Å². The zero-order valence-electron chi connectivity index (χ0n) is 16.4. The van der Waals surface area contributed by atoms with E-state index in [1.165, 1.54) is 12.1 Å². The predicted molar refractivity (Wildman–Crippen MR) is 106 cm³/mol. The Labute approximate surface area is 167 Å². The van der Waals surface area contributed by atoms with Gasteiger partial charge in [0.15, 0.2) is 18.1 Å². The molecule has 0 saturated heterocycles. The molecule has 9 heteroatoms. The standard InChI is InChI=1S/C20H22N2O7/c1-4-27-16-10-9-14(11-17(16)28-5-2)21-18(23)12-29-20(24)19-13(3)7-6-8-15(19)22(25)26/h6-11H,4-5,12H2,1-3H3,(H,21,23). The van der Waals surface area contributed by atoms with Crippen LogP contribution in [0.2, 0.25) is 0 Å². The highest BCUT2D eigenvalue weighted by molar-refractivity contribution is 5.98. The van der Waals surface area contributed by atoms with Crippen molar-refractivity contribution in [1.29, 1.82) is 0 Å². The first-order valence-corrected chi connectivity index (χ1v) is 8.98. The lowest BCUT2D eigenvalue weighted by molar-refractivity contribution is -0.385. The molecule has 1 amide bonds. The second-order valence-corrected chi connectivity index (χ2v) is 5.88. The van der Waals surface area contributed by atoms with E-state index in [0.717, 1.165) is 0 Å². The van der Waals surface area contributed by atoms with Gasteiger partial charge in [0, 0.05) is 17.8 Å². The highest BCUT2D eigenvalue weighted by atomic mass is 16.6. The number of nitro benzene ring substituents is 1. The molecule has 9 nitrogen and oxygen atoms in total. The number of amides is 1. The van der Waals surface area contributed by atoms with Crippen LogP contribution < -0.4 is 14.8 Å². The van der Waals surface area contributed by atoms with E-state index in [0.29, 0.717) is 36.0 Å². The molecule has 0 aliphatic rings. The van der Waals surface area contributed by atoms with Crippen molar-refractivity contribution in [3.63, 3.8) is 0 Å². The fourth-order valence-electron chi connectivity index (χ4n) is 2.60. The molecule has 154 valence electrons. The van der Waals surface area contributed by atoms with E-state index >= 15 is 0 Å². The average molecular weight is 402 g/mol. The number of anilines is 1. The minimum absolute atomic E-state index is 0.176. The number of aryl methyl sites for hydroxylation is 1. The Morgan fingerprint density at radius 1 is 1.07 bits per heavy atom. The monoisotopic (exact) mass is 402 g/mol. The number of hydrogen-bond donors (Lipinski definition) is 1. The summed E-state index contributed by atoms with van der Waals surface area (Å²) in [6, 6.07) is 9.11. The van der Waals surface area contributed by atoms with Crippen LogP contribution in [-0.2, 0) is 9.53 Å². The lowest BCUT2D eigenvalue weighted by Crippen LogP contribution is -2.21. The number of nitrogens with one attached hydrogen (secondary N) is 1. The van der Waals surface area contributed by atoms with Crippen molar-refractivity contribution >= 4 is 23.3 Å².